The Hall–Kier alpha value is -1.48. The van der Waals surface area contributed by atoms with Crippen LogP contribution in [0.15, 0.2) is 35.4 Å². The normalized spacial score (nSPS) is 13.2. The Bertz CT molecular complexity index is 697. The van der Waals surface area contributed by atoms with Crippen LogP contribution in [0.4, 0.5) is 5.82 Å². The van der Waals surface area contributed by atoms with Crippen molar-refractivity contribution in [3.8, 4) is 0 Å². The third-order valence-corrected chi connectivity index (χ3v) is 5.43. The fraction of sp³-hybridized carbons (Fsp3) is 0.250. The van der Waals surface area contributed by atoms with Crippen LogP contribution < -0.4 is 16.0 Å². The highest BCUT2D eigenvalue weighted by molar-refractivity contribution is 7.89. The molecule has 2 rings (SSSR count). The predicted molar refractivity (Wildman–Crippen MR) is 79.8 cm³/mol. The number of hydrazine groups is 1. The van der Waals surface area contributed by atoms with Gasteiger partial charge in [-0.1, -0.05) is 0 Å². The number of hydrogen-bond acceptors (Lipinski definition) is 6. The first-order valence-electron chi connectivity index (χ1n) is 5.94. The number of nitrogens with two attached hydrogens (primary N) is 1. The van der Waals surface area contributed by atoms with Crippen LogP contribution in [0.1, 0.15) is 22.7 Å². The molecule has 0 aromatic carbocycles. The number of nitrogens with zero attached hydrogens (tertiary/aromatic N) is 1. The van der Waals surface area contributed by atoms with E-state index in [1.165, 1.54) is 18.3 Å². The monoisotopic (exact) mass is 312 g/mol. The first-order valence-corrected chi connectivity index (χ1v) is 8.23. The van der Waals surface area contributed by atoms with E-state index in [1.54, 1.807) is 11.3 Å². The third kappa shape index (κ3) is 3.34. The lowest BCUT2D eigenvalue weighted by Crippen LogP contribution is -2.26. The number of rotatable bonds is 5. The van der Waals surface area contributed by atoms with Crippen molar-refractivity contribution in [2.24, 2.45) is 5.84 Å². The van der Waals surface area contributed by atoms with Crippen molar-refractivity contribution >= 4 is 27.2 Å². The number of anilines is 1. The fourth-order valence-electron chi connectivity index (χ4n) is 1.70. The van der Waals surface area contributed by atoms with Crippen LogP contribution in [-0.4, -0.2) is 13.4 Å². The average Bonchev–Trinajstić information content (AvgIpc) is 2.85. The van der Waals surface area contributed by atoms with Crippen LogP contribution >= 0.6 is 11.3 Å². The Morgan fingerprint density at radius 3 is 2.70 bits per heavy atom. The Morgan fingerprint density at radius 1 is 1.35 bits per heavy atom. The zero-order chi connectivity index (χ0) is 14.8. The number of hydrogen-bond donors (Lipinski definition) is 3. The van der Waals surface area contributed by atoms with Gasteiger partial charge in [0.2, 0.25) is 10.0 Å². The van der Waals surface area contributed by atoms with E-state index in [-0.39, 0.29) is 10.9 Å². The molecule has 6 nitrogen and oxygen atoms in total. The quantitative estimate of drug-likeness (QED) is 0.577. The zero-order valence-electron chi connectivity index (χ0n) is 11.1. The van der Waals surface area contributed by atoms with Crippen LogP contribution in [0.2, 0.25) is 0 Å². The van der Waals surface area contributed by atoms with Crippen molar-refractivity contribution in [3.63, 3.8) is 0 Å². The van der Waals surface area contributed by atoms with Crippen LogP contribution in [0.5, 0.6) is 0 Å². The Kier molecular flexibility index (Phi) is 4.39. The molecule has 0 aliphatic rings. The van der Waals surface area contributed by atoms with E-state index in [1.807, 2.05) is 26.0 Å². The van der Waals surface area contributed by atoms with Crippen molar-refractivity contribution < 1.29 is 8.42 Å². The van der Waals surface area contributed by atoms with Crippen molar-refractivity contribution in [2.45, 2.75) is 24.8 Å². The highest BCUT2D eigenvalue weighted by atomic mass is 32.2. The highest BCUT2D eigenvalue weighted by Crippen LogP contribution is 2.24. The lowest BCUT2D eigenvalue weighted by atomic mass is 10.3. The first-order chi connectivity index (χ1) is 9.42. The van der Waals surface area contributed by atoms with E-state index >= 15 is 0 Å². The summed E-state index contributed by atoms with van der Waals surface area (Å²) in [5.74, 6) is 5.53. The van der Waals surface area contributed by atoms with Crippen molar-refractivity contribution in [1.29, 1.82) is 0 Å². The highest BCUT2D eigenvalue weighted by Gasteiger charge is 2.19. The van der Waals surface area contributed by atoms with Gasteiger partial charge < -0.3 is 5.43 Å². The number of sulfonamides is 1. The minimum Gasteiger partial charge on any atom is -0.308 e. The summed E-state index contributed by atoms with van der Waals surface area (Å²) in [4.78, 5) is 6.12. The molecule has 1 atom stereocenters. The summed E-state index contributed by atoms with van der Waals surface area (Å²) >= 11 is 1.57. The molecular weight excluding hydrogens is 296 g/mol. The maximum absolute atomic E-state index is 12.3. The van der Waals surface area contributed by atoms with Gasteiger partial charge in [-0.15, -0.1) is 11.3 Å². The standard InChI is InChI=1S/C12H16N4O2S2/c1-8-3-4-11(19-8)9(2)16-20(17,18)10-5-6-14-12(7-10)15-13/h3-7,9,16H,13H2,1-2H3,(H,14,15). The number of thiophene rings is 1. The summed E-state index contributed by atoms with van der Waals surface area (Å²) in [7, 11) is -3.61. The summed E-state index contributed by atoms with van der Waals surface area (Å²) < 4.78 is 27.2. The maximum atomic E-state index is 12.3. The maximum Gasteiger partial charge on any atom is 0.241 e. The second-order valence-corrected chi connectivity index (χ2v) is 7.35. The van der Waals surface area contributed by atoms with Crippen molar-refractivity contribution in [1.82, 2.24) is 9.71 Å². The summed E-state index contributed by atoms with van der Waals surface area (Å²) in [5.41, 5.74) is 2.33. The molecule has 0 radical (unpaired) electrons. The molecule has 1 unspecified atom stereocenters. The van der Waals surface area contributed by atoms with Crippen molar-refractivity contribution in [3.05, 3.63) is 40.2 Å². The van der Waals surface area contributed by atoms with Gasteiger partial charge in [-0.05, 0) is 32.0 Å². The first kappa shape index (κ1) is 14.9. The minimum atomic E-state index is -3.61. The molecule has 0 saturated heterocycles. The van der Waals surface area contributed by atoms with Gasteiger partial charge >= 0.3 is 0 Å². The smallest absolute Gasteiger partial charge is 0.241 e. The second kappa shape index (κ2) is 5.88. The second-order valence-electron chi connectivity index (χ2n) is 4.31. The molecule has 20 heavy (non-hydrogen) atoms. The number of nitrogens with one attached hydrogen (secondary N) is 2. The van der Waals surface area contributed by atoms with Gasteiger partial charge in [0.25, 0.3) is 0 Å². The van der Waals surface area contributed by atoms with Gasteiger partial charge in [0, 0.05) is 22.0 Å². The van der Waals surface area contributed by atoms with E-state index in [9.17, 15) is 8.42 Å². The molecule has 0 aliphatic heterocycles. The molecule has 2 aromatic heterocycles. The number of aromatic nitrogens is 1. The molecule has 0 amide bonds. The molecule has 2 aromatic rings. The van der Waals surface area contributed by atoms with Crippen LogP contribution in [0.25, 0.3) is 0 Å². The lowest BCUT2D eigenvalue weighted by Gasteiger charge is -2.13. The number of nitrogen functional groups attached to an aromatic ring is 1. The molecule has 0 spiro atoms. The summed E-state index contributed by atoms with van der Waals surface area (Å²) in [6.07, 6.45) is 1.39. The topological polar surface area (TPSA) is 97.1 Å². The van der Waals surface area contributed by atoms with Gasteiger partial charge in [0.05, 0.1) is 10.9 Å². The van der Waals surface area contributed by atoms with Crippen LogP contribution in [0.3, 0.4) is 0 Å². The molecule has 0 saturated carbocycles. The molecule has 0 bridgehead atoms. The Balaban J connectivity index is 2.22. The SMILES string of the molecule is Cc1ccc(C(C)NS(=O)(=O)c2ccnc(NN)c2)s1. The van der Waals surface area contributed by atoms with Gasteiger partial charge in [0.1, 0.15) is 5.82 Å². The Labute approximate surface area is 122 Å². The van der Waals surface area contributed by atoms with E-state index in [2.05, 4.69) is 15.1 Å². The van der Waals surface area contributed by atoms with Crippen LogP contribution in [0, 0.1) is 6.92 Å². The summed E-state index contributed by atoms with van der Waals surface area (Å²) in [5, 5.41) is 0. The summed E-state index contributed by atoms with van der Waals surface area (Å²) in [6.45, 7) is 3.80. The Morgan fingerprint density at radius 2 is 2.10 bits per heavy atom. The predicted octanol–water partition coefficient (Wildman–Crippen LogP) is 1.78. The molecule has 2 heterocycles. The molecule has 0 fully saturated rings. The number of aryl methyl sites for hydroxylation is 1. The van der Waals surface area contributed by atoms with Gasteiger partial charge in [-0.2, -0.15) is 0 Å². The minimum absolute atomic E-state index is 0.126. The van der Waals surface area contributed by atoms with E-state index in [0.717, 1.165) is 9.75 Å². The fourth-order valence-corrected chi connectivity index (χ4v) is 3.89. The molecule has 4 N–H and O–H groups in total. The summed E-state index contributed by atoms with van der Waals surface area (Å²) in [6, 6.07) is 6.41. The molecule has 0 aliphatic carbocycles. The third-order valence-electron chi connectivity index (χ3n) is 2.71. The number of pyridine rings is 1. The average molecular weight is 312 g/mol. The largest absolute Gasteiger partial charge is 0.308 e. The van der Waals surface area contributed by atoms with Crippen molar-refractivity contribution in [2.75, 3.05) is 5.43 Å². The molecule has 8 heteroatoms. The van der Waals surface area contributed by atoms with E-state index in [4.69, 9.17) is 5.84 Å². The van der Waals surface area contributed by atoms with Gasteiger partial charge in [0.15, 0.2) is 0 Å². The van der Waals surface area contributed by atoms with Crippen LogP contribution in [-0.2, 0) is 10.0 Å². The lowest BCUT2D eigenvalue weighted by molar-refractivity contribution is 0.568. The van der Waals surface area contributed by atoms with E-state index < -0.39 is 10.0 Å². The molecular formula is C12H16N4O2S2. The van der Waals surface area contributed by atoms with E-state index in [0.29, 0.717) is 5.82 Å². The van der Waals surface area contributed by atoms with Gasteiger partial charge in [-0.3, -0.25) is 0 Å². The zero-order valence-corrected chi connectivity index (χ0v) is 12.8. The molecule has 108 valence electrons. The van der Waals surface area contributed by atoms with Gasteiger partial charge in [-0.25, -0.2) is 24.0 Å².